The highest BCUT2D eigenvalue weighted by atomic mass is 16.5. The maximum atomic E-state index is 11.9. The zero-order valence-corrected chi connectivity index (χ0v) is 15.5. The molecule has 4 heteroatoms. The van der Waals surface area contributed by atoms with Crippen LogP contribution in [0.5, 0.6) is 0 Å². The van der Waals surface area contributed by atoms with Gasteiger partial charge in [-0.1, -0.05) is 38.0 Å². The average molecular weight is 344 g/mol. The van der Waals surface area contributed by atoms with Gasteiger partial charge in [-0.25, -0.2) is 4.79 Å². The van der Waals surface area contributed by atoms with E-state index in [0.717, 1.165) is 24.7 Å². The van der Waals surface area contributed by atoms with Gasteiger partial charge in [0.15, 0.2) is 0 Å². The minimum absolute atomic E-state index is 0.355. The van der Waals surface area contributed by atoms with E-state index >= 15 is 0 Å². The summed E-state index contributed by atoms with van der Waals surface area (Å²) in [6.07, 6.45) is 10.4. The maximum absolute atomic E-state index is 11.9. The predicted octanol–water partition coefficient (Wildman–Crippen LogP) is 5.06. The Morgan fingerprint density at radius 3 is 2.72 bits per heavy atom. The Hall–Kier alpha value is -1.55. The van der Waals surface area contributed by atoms with Crippen LogP contribution in [-0.4, -0.2) is 36.2 Å². The summed E-state index contributed by atoms with van der Waals surface area (Å²) in [7, 11) is 0. The van der Waals surface area contributed by atoms with Crippen molar-refractivity contribution in [3.63, 3.8) is 0 Å². The van der Waals surface area contributed by atoms with Gasteiger partial charge in [-0.15, -0.1) is 0 Å². The third kappa shape index (κ3) is 4.75. The van der Waals surface area contributed by atoms with Gasteiger partial charge in [0.05, 0.1) is 0 Å². The van der Waals surface area contributed by atoms with Gasteiger partial charge in [-0.05, 0) is 63.1 Å². The number of para-hydroxylation sites is 1. The second-order valence-corrected chi connectivity index (χ2v) is 7.67. The Labute approximate surface area is 151 Å². The van der Waals surface area contributed by atoms with Crippen molar-refractivity contribution in [3.8, 4) is 0 Å². The number of nitrogens with zero attached hydrogens (tertiary/aromatic N) is 1. The normalized spacial score (nSPS) is 26.7. The number of hydrogen-bond acceptors (Lipinski definition) is 3. The highest BCUT2D eigenvalue weighted by molar-refractivity contribution is 5.84. The summed E-state index contributed by atoms with van der Waals surface area (Å²) in [5, 5.41) is 2.78. The number of carbonyl (C=O) groups excluding carboxylic acids is 1. The monoisotopic (exact) mass is 344 g/mol. The van der Waals surface area contributed by atoms with Crippen molar-refractivity contribution in [2.75, 3.05) is 25.0 Å². The van der Waals surface area contributed by atoms with Crippen molar-refractivity contribution in [1.82, 2.24) is 4.90 Å². The van der Waals surface area contributed by atoms with Gasteiger partial charge in [-0.3, -0.25) is 10.2 Å². The molecule has 1 amide bonds. The minimum atomic E-state index is -0.355. The molecular weight excluding hydrogens is 312 g/mol. The summed E-state index contributed by atoms with van der Waals surface area (Å²) in [4.78, 5) is 14.5. The Morgan fingerprint density at radius 2 is 2.00 bits per heavy atom. The molecule has 3 rings (SSSR count). The van der Waals surface area contributed by atoms with E-state index < -0.39 is 0 Å². The lowest BCUT2D eigenvalue weighted by molar-refractivity contribution is 0.0531. The quantitative estimate of drug-likeness (QED) is 0.784. The maximum Gasteiger partial charge on any atom is 0.411 e. The van der Waals surface area contributed by atoms with E-state index in [1.54, 1.807) is 0 Å². The number of likely N-dealkylation sites (tertiary alicyclic amines) is 1. The van der Waals surface area contributed by atoms with E-state index in [9.17, 15) is 4.79 Å². The summed E-state index contributed by atoms with van der Waals surface area (Å²) < 4.78 is 5.41. The van der Waals surface area contributed by atoms with Crippen LogP contribution in [0.3, 0.4) is 0 Å². The minimum Gasteiger partial charge on any atom is -0.448 e. The lowest BCUT2D eigenvalue weighted by Crippen LogP contribution is -2.47. The molecule has 0 atom stereocenters. The van der Waals surface area contributed by atoms with Crippen LogP contribution in [0.4, 0.5) is 10.5 Å². The van der Waals surface area contributed by atoms with Crippen LogP contribution in [-0.2, 0) is 4.74 Å². The van der Waals surface area contributed by atoms with Gasteiger partial charge in [0.1, 0.15) is 6.61 Å². The Morgan fingerprint density at radius 1 is 1.24 bits per heavy atom. The molecule has 2 fully saturated rings. The van der Waals surface area contributed by atoms with Crippen LogP contribution in [0.25, 0.3) is 0 Å². The Balaban J connectivity index is 1.42. The fourth-order valence-corrected chi connectivity index (χ4v) is 4.75. The molecule has 1 heterocycles. The van der Waals surface area contributed by atoms with Crippen LogP contribution in [0.15, 0.2) is 30.3 Å². The van der Waals surface area contributed by atoms with Gasteiger partial charge in [0.2, 0.25) is 0 Å². The number of hydrogen-bond donors (Lipinski definition) is 1. The number of rotatable bonds is 6. The highest BCUT2D eigenvalue weighted by Crippen LogP contribution is 2.44. The lowest BCUT2D eigenvalue weighted by Gasteiger charge is -2.44. The highest BCUT2D eigenvalue weighted by Gasteiger charge is 2.42. The summed E-state index contributed by atoms with van der Waals surface area (Å²) in [5.74, 6) is 0.936. The molecule has 1 N–H and O–H groups in total. The zero-order valence-electron chi connectivity index (χ0n) is 15.5. The number of ether oxygens (including phenoxy) is 1. The molecule has 1 saturated heterocycles. The molecule has 1 spiro atoms. The number of carbonyl (C=O) groups is 1. The molecule has 0 aromatic heterocycles. The van der Waals surface area contributed by atoms with Crippen LogP contribution in [0, 0.1) is 5.92 Å². The van der Waals surface area contributed by atoms with E-state index in [1.165, 1.54) is 51.4 Å². The first-order chi connectivity index (χ1) is 12.2. The molecule has 25 heavy (non-hydrogen) atoms. The standard InChI is InChI=1S/C21H32N2O2/c1-2-7-18-10-13-21(14-11-18)12-6-15-23(21)16-17-25-20(24)22-19-8-4-3-5-9-19/h3-5,8-9,18H,2,6-7,10-17H2,1H3,(H,22,24). The van der Waals surface area contributed by atoms with E-state index in [0.29, 0.717) is 12.1 Å². The zero-order chi connectivity index (χ0) is 17.5. The van der Waals surface area contributed by atoms with E-state index in [2.05, 4.69) is 17.1 Å². The second-order valence-electron chi connectivity index (χ2n) is 7.67. The molecule has 2 aliphatic rings. The molecule has 1 aliphatic heterocycles. The van der Waals surface area contributed by atoms with Crippen LogP contribution < -0.4 is 5.32 Å². The number of nitrogens with one attached hydrogen (secondary N) is 1. The van der Waals surface area contributed by atoms with E-state index in [-0.39, 0.29) is 6.09 Å². The van der Waals surface area contributed by atoms with Crippen molar-refractivity contribution in [2.24, 2.45) is 5.92 Å². The van der Waals surface area contributed by atoms with Gasteiger partial charge in [0.25, 0.3) is 0 Å². The lowest BCUT2D eigenvalue weighted by atomic mass is 9.74. The fourth-order valence-electron chi connectivity index (χ4n) is 4.75. The third-order valence-electron chi connectivity index (χ3n) is 6.09. The van der Waals surface area contributed by atoms with E-state index in [4.69, 9.17) is 4.74 Å². The second kappa shape index (κ2) is 8.70. The summed E-state index contributed by atoms with van der Waals surface area (Å²) in [5.41, 5.74) is 1.17. The largest absolute Gasteiger partial charge is 0.448 e. The first-order valence-corrected chi connectivity index (χ1v) is 9.96. The molecule has 0 radical (unpaired) electrons. The first kappa shape index (κ1) is 18.2. The topological polar surface area (TPSA) is 41.6 Å². The van der Waals surface area contributed by atoms with Gasteiger partial charge >= 0.3 is 6.09 Å². The molecule has 1 saturated carbocycles. The van der Waals surface area contributed by atoms with Crippen molar-refractivity contribution in [3.05, 3.63) is 30.3 Å². The molecule has 0 bridgehead atoms. The van der Waals surface area contributed by atoms with Crippen molar-refractivity contribution in [1.29, 1.82) is 0 Å². The first-order valence-electron chi connectivity index (χ1n) is 9.96. The van der Waals surface area contributed by atoms with Crippen molar-refractivity contribution >= 4 is 11.8 Å². The van der Waals surface area contributed by atoms with Gasteiger partial charge < -0.3 is 4.74 Å². The summed E-state index contributed by atoms with van der Waals surface area (Å²) in [6, 6.07) is 9.46. The summed E-state index contributed by atoms with van der Waals surface area (Å²) >= 11 is 0. The SMILES string of the molecule is CCCC1CCC2(CCCN2CCOC(=O)Nc2ccccc2)CC1. The molecule has 1 aliphatic carbocycles. The van der Waals surface area contributed by atoms with Gasteiger partial charge in [-0.2, -0.15) is 0 Å². The average Bonchev–Trinajstić information content (AvgIpc) is 3.00. The number of amides is 1. The Bertz CT molecular complexity index is 538. The van der Waals surface area contributed by atoms with Crippen molar-refractivity contribution < 1.29 is 9.53 Å². The molecule has 4 nitrogen and oxygen atoms in total. The van der Waals surface area contributed by atoms with E-state index in [1.807, 2.05) is 30.3 Å². The third-order valence-corrected chi connectivity index (χ3v) is 6.09. The molecule has 0 unspecified atom stereocenters. The Kier molecular flexibility index (Phi) is 6.35. The van der Waals surface area contributed by atoms with Crippen LogP contribution >= 0.6 is 0 Å². The predicted molar refractivity (Wildman–Crippen MR) is 102 cm³/mol. The van der Waals surface area contributed by atoms with Crippen LogP contribution in [0.2, 0.25) is 0 Å². The molecule has 1 aromatic rings. The molecule has 1 aromatic carbocycles. The number of anilines is 1. The number of benzene rings is 1. The van der Waals surface area contributed by atoms with Crippen LogP contribution in [0.1, 0.15) is 58.3 Å². The van der Waals surface area contributed by atoms with Crippen molar-refractivity contribution in [2.45, 2.75) is 63.8 Å². The summed E-state index contributed by atoms with van der Waals surface area (Å²) in [6.45, 7) is 4.78. The van der Waals surface area contributed by atoms with Gasteiger partial charge in [0, 0.05) is 17.8 Å². The fraction of sp³-hybridized carbons (Fsp3) is 0.667. The molecular formula is C21H32N2O2. The smallest absolute Gasteiger partial charge is 0.411 e. The molecule has 138 valence electrons.